The number of nitriles is 1. The molecule has 17 heavy (non-hydrogen) atoms. The van der Waals surface area contributed by atoms with Crippen molar-refractivity contribution in [2.45, 2.75) is 0 Å². The van der Waals surface area contributed by atoms with E-state index in [0.717, 1.165) is 4.46 Å². The molecule has 0 aliphatic carbocycles. The summed E-state index contributed by atoms with van der Waals surface area (Å²) in [7, 11) is 0. The fourth-order valence-corrected chi connectivity index (χ4v) is 3.36. The summed E-state index contributed by atoms with van der Waals surface area (Å²) in [5.74, 6) is -0.0414. The van der Waals surface area contributed by atoms with Crippen LogP contribution in [0.1, 0.15) is 5.56 Å². The van der Waals surface area contributed by atoms with Crippen LogP contribution in [0.25, 0.3) is 0 Å². The fraction of sp³-hybridized carbons (Fsp3) is 0. The number of phenols is 1. The summed E-state index contributed by atoms with van der Waals surface area (Å²) in [5, 5.41) is 18.5. The summed E-state index contributed by atoms with van der Waals surface area (Å²) in [6, 6.07) is 15.2. The number of phenolic OH excluding ortho intramolecular Hbond substituents is 1. The van der Waals surface area contributed by atoms with E-state index in [4.69, 9.17) is 11.0 Å². The average Bonchev–Trinajstić information content (AvgIpc) is 2.30. The number of nitrogens with two attached hydrogens (primary N) is 1. The molecule has 0 bridgehead atoms. The molecule has 3 nitrogen and oxygen atoms in total. The fourth-order valence-electron chi connectivity index (χ4n) is 1.43. The summed E-state index contributed by atoms with van der Waals surface area (Å²) in [6.45, 7) is 0. The van der Waals surface area contributed by atoms with E-state index >= 15 is 0 Å². The molecule has 0 spiro atoms. The van der Waals surface area contributed by atoms with Gasteiger partial charge in [-0.3, -0.25) is 0 Å². The van der Waals surface area contributed by atoms with Crippen LogP contribution >= 0.6 is 0 Å². The SMILES string of the molecule is N#Cc1c(N)cc([Se]c2ccccc2)cc1O. The first-order valence-electron chi connectivity index (χ1n) is 4.96. The quantitative estimate of drug-likeness (QED) is 0.625. The Bertz CT molecular complexity index is 553. The molecule has 0 amide bonds. The Morgan fingerprint density at radius 3 is 2.41 bits per heavy atom. The van der Waals surface area contributed by atoms with Gasteiger partial charge in [0.15, 0.2) is 0 Å². The van der Waals surface area contributed by atoms with Crippen molar-refractivity contribution in [3.05, 3.63) is 48.0 Å². The van der Waals surface area contributed by atoms with Crippen LogP contribution in [-0.2, 0) is 0 Å². The molecule has 0 fully saturated rings. The van der Waals surface area contributed by atoms with Crippen LogP contribution in [0.4, 0.5) is 5.69 Å². The molecule has 2 aromatic carbocycles. The molecule has 0 heterocycles. The van der Waals surface area contributed by atoms with Gasteiger partial charge in [0.1, 0.15) is 0 Å². The molecular formula is C13H10N2OSe. The normalized spacial score (nSPS) is 9.82. The van der Waals surface area contributed by atoms with E-state index in [-0.39, 0.29) is 26.3 Å². The Morgan fingerprint density at radius 1 is 1.12 bits per heavy atom. The van der Waals surface area contributed by atoms with E-state index in [1.54, 1.807) is 12.1 Å². The molecule has 2 aromatic rings. The third-order valence-electron chi connectivity index (χ3n) is 2.21. The maximum atomic E-state index is 9.66. The Balaban J connectivity index is 2.33. The molecule has 2 rings (SSSR count). The van der Waals surface area contributed by atoms with Gasteiger partial charge in [0, 0.05) is 0 Å². The molecule has 0 aliphatic heterocycles. The van der Waals surface area contributed by atoms with Crippen molar-refractivity contribution in [3.63, 3.8) is 0 Å². The summed E-state index contributed by atoms with van der Waals surface area (Å²) in [6.07, 6.45) is 0. The van der Waals surface area contributed by atoms with Gasteiger partial charge in [0.25, 0.3) is 0 Å². The zero-order chi connectivity index (χ0) is 12.3. The number of rotatable bonds is 2. The topological polar surface area (TPSA) is 70.0 Å². The van der Waals surface area contributed by atoms with Gasteiger partial charge in [0.2, 0.25) is 0 Å². The van der Waals surface area contributed by atoms with Crippen molar-refractivity contribution in [2.24, 2.45) is 0 Å². The van der Waals surface area contributed by atoms with Crippen molar-refractivity contribution >= 4 is 29.6 Å². The average molecular weight is 289 g/mol. The van der Waals surface area contributed by atoms with E-state index < -0.39 is 0 Å². The van der Waals surface area contributed by atoms with Gasteiger partial charge in [-0.05, 0) is 0 Å². The molecule has 0 saturated heterocycles. The summed E-state index contributed by atoms with van der Waals surface area (Å²) in [5.41, 5.74) is 6.20. The first-order chi connectivity index (χ1) is 8.20. The van der Waals surface area contributed by atoms with Gasteiger partial charge < -0.3 is 0 Å². The van der Waals surface area contributed by atoms with Crippen LogP contribution in [0.2, 0.25) is 0 Å². The van der Waals surface area contributed by atoms with E-state index in [2.05, 4.69) is 0 Å². The number of anilines is 1. The second kappa shape index (κ2) is 4.92. The summed E-state index contributed by atoms with van der Waals surface area (Å²) in [4.78, 5) is 0. The van der Waals surface area contributed by atoms with Crippen LogP contribution < -0.4 is 14.7 Å². The zero-order valence-corrected chi connectivity index (χ0v) is 10.6. The first kappa shape index (κ1) is 11.5. The van der Waals surface area contributed by atoms with Crippen LogP contribution in [0.5, 0.6) is 5.75 Å². The van der Waals surface area contributed by atoms with E-state index in [9.17, 15) is 5.11 Å². The molecule has 0 atom stereocenters. The second-order valence-electron chi connectivity index (χ2n) is 3.43. The van der Waals surface area contributed by atoms with Crippen LogP contribution in [0.15, 0.2) is 42.5 Å². The Hall–Kier alpha value is -1.95. The van der Waals surface area contributed by atoms with Gasteiger partial charge in [-0.15, -0.1) is 0 Å². The summed E-state index contributed by atoms with van der Waals surface area (Å²) >= 11 is 0.0842. The molecule has 0 aromatic heterocycles. The van der Waals surface area contributed by atoms with E-state index in [0.29, 0.717) is 5.69 Å². The molecule has 0 unspecified atom stereocenters. The molecule has 4 heteroatoms. The third-order valence-corrected chi connectivity index (χ3v) is 4.27. The van der Waals surface area contributed by atoms with Crippen LogP contribution in [-0.4, -0.2) is 20.1 Å². The Morgan fingerprint density at radius 2 is 1.82 bits per heavy atom. The third kappa shape index (κ3) is 2.59. The Kier molecular flexibility index (Phi) is 3.34. The molecule has 0 aliphatic rings. The second-order valence-corrected chi connectivity index (χ2v) is 5.84. The molecule has 84 valence electrons. The number of hydrogen-bond acceptors (Lipinski definition) is 3. The van der Waals surface area contributed by atoms with Crippen molar-refractivity contribution in [1.29, 1.82) is 5.26 Å². The van der Waals surface area contributed by atoms with Gasteiger partial charge in [-0.1, -0.05) is 0 Å². The number of aromatic hydroxyl groups is 1. The van der Waals surface area contributed by atoms with Crippen molar-refractivity contribution < 1.29 is 5.11 Å². The predicted molar refractivity (Wildman–Crippen MR) is 68.7 cm³/mol. The van der Waals surface area contributed by atoms with E-state index in [1.165, 1.54) is 4.46 Å². The predicted octanol–water partition coefficient (Wildman–Crippen LogP) is 0.501. The zero-order valence-electron chi connectivity index (χ0n) is 8.92. The first-order valence-corrected chi connectivity index (χ1v) is 6.67. The van der Waals surface area contributed by atoms with Crippen LogP contribution in [0, 0.1) is 11.3 Å². The number of nitrogens with zero attached hydrogens (tertiary/aromatic N) is 1. The number of hydrogen-bond donors (Lipinski definition) is 2. The van der Waals surface area contributed by atoms with Gasteiger partial charge in [-0.25, -0.2) is 0 Å². The molecule has 3 N–H and O–H groups in total. The molecule has 0 radical (unpaired) electrons. The van der Waals surface area contributed by atoms with Gasteiger partial charge in [-0.2, -0.15) is 0 Å². The maximum absolute atomic E-state index is 9.66. The van der Waals surface area contributed by atoms with E-state index in [1.807, 2.05) is 36.4 Å². The van der Waals surface area contributed by atoms with Gasteiger partial charge >= 0.3 is 106 Å². The van der Waals surface area contributed by atoms with Crippen molar-refractivity contribution in [1.82, 2.24) is 0 Å². The minimum atomic E-state index is -0.0414. The molecule has 0 saturated carbocycles. The number of nitrogen functional groups attached to an aromatic ring is 1. The van der Waals surface area contributed by atoms with Crippen molar-refractivity contribution in [3.8, 4) is 11.8 Å². The van der Waals surface area contributed by atoms with Gasteiger partial charge in [0.05, 0.1) is 0 Å². The standard InChI is InChI=1S/C13H10N2OSe/c14-8-11-12(15)6-10(7-13(11)16)17-9-4-2-1-3-5-9/h1-7,16H,15H2. The number of benzene rings is 2. The minimum absolute atomic E-state index is 0.0414. The van der Waals surface area contributed by atoms with Crippen LogP contribution in [0.3, 0.4) is 0 Å². The monoisotopic (exact) mass is 290 g/mol. The molecular weight excluding hydrogens is 279 g/mol. The van der Waals surface area contributed by atoms with Crippen molar-refractivity contribution in [2.75, 3.05) is 5.73 Å². The summed E-state index contributed by atoms with van der Waals surface area (Å²) < 4.78 is 2.15. The Labute approximate surface area is 106 Å².